The van der Waals surface area contributed by atoms with E-state index < -0.39 is 5.82 Å². The van der Waals surface area contributed by atoms with Crippen molar-refractivity contribution in [2.75, 3.05) is 5.73 Å². The van der Waals surface area contributed by atoms with Crippen LogP contribution in [0.5, 0.6) is 11.8 Å². The van der Waals surface area contributed by atoms with Gasteiger partial charge in [-0.25, -0.2) is 9.07 Å². The number of halogens is 2. The molecule has 0 saturated heterocycles. The Morgan fingerprint density at radius 1 is 1.24 bits per heavy atom. The second-order valence-corrected chi connectivity index (χ2v) is 4.82. The third-order valence-corrected chi connectivity index (χ3v) is 2.92. The molecule has 21 heavy (non-hydrogen) atoms. The second-order valence-electron chi connectivity index (χ2n) is 3.90. The van der Waals surface area contributed by atoms with Crippen molar-refractivity contribution in [3.8, 4) is 17.7 Å². The normalized spacial score (nSPS) is 10.6. The molecule has 106 valence electrons. The van der Waals surface area contributed by atoms with E-state index in [1.165, 1.54) is 16.8 Å². The van der Waals surface area contributed by atoms with Crippen LogP contribution < -0.4 is 10.5 Å². The van der Waals surface area contributed by atoms with E-state index in [0.29, 0.717) is 4.47 Å². The van der Waals surface area contributed by atoms with E-state index in [4.69, 9.17) is 10.5 Å². The lowest BCUT2D eigenvalue weighted by Crippen LogP contribution is -2.08. The van der Waals surface area contributed by atoms with Crippen molar-refractivity contribution in [1.29, 1.82) is 0 Å². The summed E-state index contributed by atoms with van der Waals surface area (Å²) in [5.74, 6) is -0.442. The molecule has 0 aliphatic heterocycles. The summed E-state index contributed by atoms with van der Waals surface area (Å²) >= 11 is 3.16. The highest BCUT2D eigenvalue weighted by molar-refractivity contribution is 9.10. The number of nitrogens with two attached hydrogens (primary N) is 1. The van der Waals surface area contributed by atoms with Crippen LogP contribution in [0, 0.1) is 5.82 Å². The van der Waals surface area contributed by atoms with Crippen molar-refractivity contribution in [2.45, 2.75) is 0 Å². The molecule has 3 aromatic rings. The quantitative estimate of drug-likeness (QED) is 0.779. The monoisotopic (exact) mass is 350 g/mol. The molecule has 3 rings (SSSR count). The van der Waals surface area contributed by atoms with Gasteiger partial charge >= 0.3 is 6.01 Å². The molecular weight excluding hydrogens is 343 g/mol. The van der Waals surface area contributed by atoms with Crippen LogP contribution in [0.2, 0.25) is 0 Å². The van der Waals surface area contributed by atoms with Crippen molar-refractivity contribution in [2.24, 2.45) is 0 Å². The molecule has 0 radical (unpaired) electrons. The number of rotatable bonds is 3. The fraction of sp³-hybridized carbons (Fsp3) is 0. The zero-order valence-electron chi connectivity index (χ0n) is 10.4. The van der Waals surface area contributed by atoms with Gasteiger partial charge in [0.05, 0.1) is 0 Å². The van der Waals surface area contributed by atoms with Crippen molar-refractivity contribution in [3.05, 3.63) is 46.9 Å². The topological polar surface area (TPSA) is 91.7 Å². The smallest absolute Gasteiger partial charge is 0.328 e. The number of nitrogens with zero attached hydrogens (tertiary/aromatic N) is 5. The Kier molecular flexibility index (Phi) is 3.48. The van der Waals surface area contributed by atoms with E-state index in [0.717, 1.165) is 0 Å². The molecule has 2 heterocycles. The molecule has 0 unspecified atom stereocenters. The molecule has 9 heteroatoms. The molecule has 2 N–H and O–H groups in total. The van der Waals surface area contributed by atoms with Gasteiger partial charge < -0.3 is 10.5 Å². The maximum atomic E-state index is 13.7. The highest BCUT2D eigenvalue weighted by Gasteiger charge is 2.11. The maximum absolute atomic E-state index is 13.7. The Labute approximate surface area is 126 Å². The van der Waals surface area contributed by atoms with E-state index in [1.54, 1.807) is 24.5 Å². The van der Waals surface area contributed by atoms with Crippen molar-refractivity contribution in [1.82, 2.24) is 24.7 Å². The van der Waals surface area contributed by atoms with Crippen molar-refractivity contribution in [3.63, 3.8) is 0 Å². The molecule has 2 aromatic heterocycles. The van der Waals surface area contributed by atoms with E-state index in [1.807, 2.05) is 0 Å². The van der Waals surface area contributed by atoms with Gasteiger partial charge in [-0.3, -0.25) is 0 Å². The fourth-order valence-corrected chi connectivity index (χ4v) is 1.89. The van der Waals surface area contributed by atoms with E-state index in [9.17, 15) is 4.39 Å². The van der Waals surface area contributed by atoms with Gasteiger partial charge in [0.1, 0.15) is 0 Å². The van der Waals surface area contributed by atoms with Crippen LogP contribution in [-0.4, -0.2) is 24.7 Å². The Morgan fingerprint density at radius 2 is 2.10 bits per heavy atom. The minimum atomic E-state index is -0.552. The summed E-state index contributed by atoms with van der Waals surface area (Å²) in [6.07, 6.45) is 3.20. The molecule has 0 aliphatic rings. The van der Waals surface area contributed by atoms with Gasteiger partial charge in [-0.1, -0.05) is 15.9 Å². The predicted octanol–water partition coefficient (Wildman–Crippen LogP) is 2.33. The molecule has 1 aromatic carbocycles. The minimum Gasteiger partial charge on any atom is -0.421 e. The summed E-state index contributed by atoms with van der Waals surface area (Å²) in [5.41, 5.74) is 5.60. The molecule has 0 saturated carbocycles. The van der Waals surface area contributed by atoms with Crippen LogP contribution >= 0.6 is 15.9 Å². The fourth-order valence-electron chi connectivity index (χ4n) is 1.55. The van der Waals surface area contributed by atoms with Crippen molar-refractivity contribution < 1.29 is 9.13 Å². The number of hydrogen-bond donors (Lipinski definition) is 1. The number of benzene rings is 1. The summed E-state index contributed by atoms with van der Waals surface area (Å²) in [5, 5.41) is 3.98. The number of aromatic nitrogens is 5. The predicted molar refractivity (Wildman–Crippen MR) is 75.5 cm³/mol. The molecule has 0 amide bonds. The first kappa shape index (κ1) is 13.4. The molecule has 0 aliphatic carbocycles. The highest BCUT2D eigenvalue weighted by Crippen LogP contribution is 2.25. The number of anilines is 1. The Hall–Kier alpha value is -2.55. The lowest BCUT2D eigenvalue weighted by molar-refractivity contribution is 0.408. The Morgan fingerprint density at radius 3 is 2.81 bits per heavy atom. The average Bonchev–Trinajstić information content (AvgIpc) is 2.95. The summed E-state index contributed by atoms with van der Waals surface area (Å²) < 4.78 is 21.0. The van der Waals surface area contributed by atoms with Crippen LogP contribution in [-0.2, 0) is 0 Å². The second kappa shape index (κ2) is 5.44. The number of nitrogen functional groups attached to an aromatic ring is 1. The van der Waals surface area contributed by atoms with Gasteiger partial charge in [0.15, 0.2) is 11.6 Å². The zero-order valence-corrected chi connectivity index (χ0v) is 12.0. The third kappa shape index (κ3) is 2.97. The first-order valence-corrected chi connectivity index (χ1v) is 6.55. The van der Waals surface area contributed by atoms with Crippen molar-refractivity contribution >= 4 is 21.9 Å². The molecule has 7 nitrogen and oxygen atoms in total. The van der Waals surface area contributed by atoms with Crippen LogP contribution in [0.4, 0.5) is 10.3 Å². The number of hydrogen-bond acceptors (Lipinski definition) is 6. The summed E-state index contributed by atoms with van der Waals surface area (Å²) in [6.45, 7) is 0. The SMILES string of the molecule is Nc1nc(Oc2ccc(Br)cc2F)nc(-n2cccn2)n1. The number of ether oxygens (including phenoxy) is 1. The highest BCUT2D eigenvalue weighted by atomic mass is 79.9. The van der Waals surface area contributed by atoms with Gasteiger partial charge in [0, 0.05) is 16.9 Å². The first-order chi connectivity index (χ1) is 10.1. The lowest BCUT2D eigenvalue weighted by Gasteiger charge is -2.07. The molecule has 0 atom stereocenters. The Bertz CT molecular complexity index is 779. The average molecular weight is 351 g/mol. The van der Waals surface area contributed by atoms with Gasteiger partial charge in [-0.15, -0.1) is 0 Å². The van der Waals surface area contributed by atoms with Crippen LogP contribution in [0.3, 0.4) is 0 Å². The van der Waals surface area contributed by atoms with Crippen LogP contribution in [0.15, 0.2) is 41.1 Å². The largest absolute Gasteiger partial charge is 0.421 e. The standard InChI is InChI=1S/C12H8BrFN6O/c13-7-2-3-9(8(14)6-7)21-12-18-10(15)17-11(19-12)20-5-1-4-16-20/h1-6H,(H2,15,17,18,19). The summed E-state index contributed by atoms with van der Waals surface area (Å²) in [4.78, 5) is 11.8. The zero-order chi connectivity index (χ0) is 14.8. The van der Waals surface area contributed by atoms with E-state index in [-0.39, 0.29) is 23.7 Å². The molecule has 0 bridgehead atoms. The van der Waals surface area contributed by atoms with Gasteiger partial charge in [0.25, 0.3) is 5.95 Å². The van der Waals surface area contributed by atoms with Gasteiger partial charge in [0.2, 0.25) is 5.95 Å². The summed E-state index contributed by atoms with van der Waals surface area (Å²) in [6, 6.07) is 5.95. The summed E-state index contributed by atoms with van der Waals surface area (Å²) in [7, 11) is 0. The first-order valence-electron chi connectivity index (χ1n) is 5.76. The lowest BCUT2D eigenvalue weighted by atomic mass is 10.3. The molecular formula is C12H8BrFN6O. The minimum absolute atomic E-state index is 0.0183. The van der Waals surface area contributed by atoms with Gasteiger partial charge in [-0.2, -0.15) is 20.1 Å². The molecule has 0 fully saturated rings. The maximum Gasteiger partial charge on any atom is 0.328 e. The molecule has 0 spiro atoms. The van der Waals surface area contributed by atoms with E-state index >= 15 is 0 Å². The van der Waals surface area contributed by atoms with E-state index in [2.05, 4.69) is 36.0 Å². The Balaban J connectivity index is 1.95. The van der Waals surface area contributed by atoms with Gasteiger partial charge in [-0.05, 0) is 24.3 Å². The van der Waals surface area contributed by atoms with Crippen LogP contribution in [0.25, 0.3) is 5.95 Å². The third-order valence-electron chi connectivity index (χ3n) is 2.42. The van der Waals surface area contributed by atoms with Crippen LogP contribution in [0.1, 0.15) is 0 Å².